The Kier molecular flexibility index (Phi) is 4.86. The minimum absolute atomic E-state index is 0.238. The molecule has 1 aromatic carbocycles. The number of carbonyl (C=O) groups excluding carboxylic acids is 1. The van der Waals surface area contributed by atoms with Gasteiger partial charge in [0.2, 0.25) is 0 Å². The largest absolute Gasteiger partial charge is 0.383 e. The van der Waals surface area contributed by atoms with E-state index in [2.05, 4.69) is 26.3 Å². The molecule has 0 unspecified atom stereocenters. The van der Waals surface area contributed by atoms with Gasteiger partial charge in [-0.2, -0.15) is 5.10 Å². The van der Waals surface area contributed by atoms with Crippen LogP contribution >= 0.6 is 15.9 Å². The van der Waals surface area contributed by atoms with E-state index in [1.54, 1.807) is 24.1 Å². The Morgan fingerprint density at radius 1 is 1.50 bits per heavy atom. The summed E-state index contributed by atoms with van der Waals surface area (Å²) in [6, 6.07) is 4.02. The first-order valence-corrected chi connectivity index (χ1v) is 6.66. The van der Waals surface area contributed by atoms with Crippen LogP contribution in [0.3, 0.4) is 0 Å². The fraction of sp³-hybridized carbons (Fsp3) is 0.231. The summed E-state index contributed by atoms with van der Waals surface area (Å²) in [4.78, 5) is 12.0. The Morgan fingerprint density at radius 3 is 3.00 bits per heavy atom. The standard InChI is InChI=1S/C13H13BrFN3O2/c1-20-3-2-18-8-12(7-16-18)17-13(19)9-4-10(14)6-11(15)5-9/h4-8H,2-3H2,1H3,(H,17,19). The number of amides is 1. The summed E-state index contributed by atoms with van der Waals surface area (Å²) < 4.78 is 20.3. The van der Waals surface area contributed by atoms with Gasteiger partial charge >= 0.3 is 0 Å². The summed E-state index contributed by atoms with van der Waals surface area (Å²) in [6.45, 7) is 1.13. The number of ether oxygens (including phenoxy) is 1. The van der Waals surface area contributed by atoms with Crippen LogP contribution < -0.4 is 5.32 Å². The first-order valence-electron chi connectivity index (χ1n) is 5.87. The van der Waals surface area contributed by atoms with Crippen molar-refractivity contribution < 1.29 is 13.9 Å². The van der Waals surface area contributed by atoms with Crippen molar-refractivity contribution in [2.24, 2.45) is 0 Å². The van der Waals surface area contributed by atoms with Crippen molar-refractivity contribution in [2.75, 3.05) is 19.0 Å². The van der Waals surface area contributed by atoms with E-state index in [4.69, 9.17) is 4.74 Å². The summed E-state index contributed by atoms with van der Waals surface area (Å²) in [5, 5.41) is 6.73. The van der Waals surface area contributed by atoms with Crippen molar-refractivity contribution in [3.8, 4) is 0 Å². The van der Waals surface area contributed by atoms with Crippen LogP contribution in [0.5, 0.6) is 0 Å². The Balaban J connectivity index is 2.05. The lowest BCUT2D eigenvalue weighted by Gasteiger charge is -2.03. The molecule has 106 valence electrons. The van der Waals surface area contributed by atoms with Gasteiger partial charge in [-0.25, -0.2) is 4.39 Å². The van der Waals surface area contributed by atoms with Crippen LogP contribution in [0.15, 0.2) is 35.1 Å². The smallest absolute Gasteiger partial charge is 0.255 e. The van der Waals surface area contributed by atoms with Gasteiger partial charge < -0.3 is 10.1 Å². The number of nitrogens with zero attached hydrogens (tertiary/aromatic N) is 2. The van der Waals surface area contributed by atoms with Crippen LogP contribution in [-0.4, -0.2) is 29.4 Å². The van der Waals surface area contributed by atoms with E-state index in [9.17, 15) is 9.18 Å². The van der Waals surface area contributed by atoms with Gasteiger partial charge in [-0.05, 0) is 18.2 Å². The highest BCUT2D eigenvalue weighted by Gasteiger charge is 2.10. The van der Waals surface area contributed by atoms with E-state index in [-0.39, 0.29) is 5.56 Å². The third-order valence-corrected chi connectivity index (χ3v) is 3.00. The number of carbonyl (C=O) groups is 1. The quantitative estimate of drug-likeness (QED) is 0.909. The maximum Gasteiger partial charge on any atom is 0.255 e. The number of anilines is 1. The first-order chi connectivity index (χ1) is 9.58. The molecule has 7 heteroatoms. The molecule has 0 atom stereocenters. The minimum atomic E-state index is -0.472. The zero-order valence-electron chi connectivity index (χ0n) is 10.8. The summed E-state index contributed by atoms with van der Waals surface area (Å²) in [7, 11) is 1.61. The van der Waals surface area contributed by atoms with Crippen molar-refractivity contribution in [3.63, 3.8) is 0 Å². The van der Waals surface area contributed by atoms with Crippen LogP contribution in [0.2, 0.25) is 0 Å². The van der Waals surface area contributed by atoms with Gasteiger partial charge in [0.1, 0.15) is 5.82 Å². The van der Waals surface area contributed by atoms with Crippen LogP contribution in [0, 0.1) is 5.82 Å². The molecule has 0 radical (unpaired) electrons. The van der Waals surface area contributed by atoms with Gasteiger partial charge in [0.15, 0.2) is 0 Å². The maximum atomic E-state index is 13.2. The average molecular weight is 342 g/mol. The highest BCUT2D eigenvalue weighted by molar-refractivity contribution is 9.10. The summed E-state index contributed by atoms with van der Waals surface area (Å²) in [5.74, 6) is -0.864. The normalized spacial score (nSPS) is 10.6. The molecule has 0 aliphatic carbocycles. The topological polar surface area (TPSA) is 56.1 Å². The van der Waals surface area contributed by atoms with Gasteiger partial charge in [0, 0.05) is 23.3 Å². The van der Waals surface area contributed by atoms with E-state index in [0.29, 0.717) is 23.3 Å². The molecule has 2 aromatic rings. The molecule has 2 rings (SSSR count). The molecule has 0 aliphatic heterocycles. The molecular weight excluding hydrogens is 329 g/mol. The number of rotatable bonds is 5. The molecule has 0 saturated carbocycles. The van der Waals surface area contributed by atoms with E-state index in [1.165, 1.54) is 18.3 Å². The van der Waals surface area contributed by atoms with Crippen molar-refractivity contribution >= 4 is 27.5 Å². The Hall–Kier alpha value is -1.73. The van der Waals surface area contributed by atoms with Crippen molar-refractivity contribution in [3.05, 3.63) is 46.4 Å². The third kappa shape index (κ3) is 3.88. The number of benzene rings is 1. The summed E-state index contributed by atoms with van der Waals surface area (Å²) in [5.41, 5.74) is 0.785. The highest BCUT2D eigenvalue weighted by atomic mass is 79.9. The van der Waals surface area contributed by atoms with E-state index < -0.39 is 11.7 Å². The number of hydrogen-bond donors (Lipinski definition) is 1. The fourth-order valence-electron chi connectivity index (χ4n) is 1.62. The molecule has 5 nitrogen and oxygen atoms in total. The number of nitrogens with one attached hydrogen (secondary N) is 1. The molecule has 0 spiro atoms. The fourth-order valence-corrected chi connectivity index (χ4v) is 2.09. The van der Waals surface area contributed by atoms with Crippen LogP contribution in [-0.2, 0) is 11.3 Å². The van der Waals surface area contributed by atoms with Crippen molar-refractivity contribution in [2.45, 2.75) is 6.54 Å². The lowest BCUT2D eigenvalue weighted by atomic mass is 10.2. The second-order valence-electron chi connectivity index (χ2n) is 4.10. The molecule has 0 aliphatic rings. The molecule has 20 heavy (non-hydrogen) atoms. The molecule has 1 aromatic heterocycles. The Bertz CT molecular complexity index is 595. The Labute approximate surface area is 123 Å². The third-order valence-electron chi connectivity index (χ3n) is 2.54. The zero-order chi connectivity index (χ0) is 14.5. The first kappa shape index (κ1) is 14.7. The van der Waals surface area contributed by atoms with E-state index in [0.717, 1.165) is 0 Å². The van der Waals surface area contributed by atoms with Gasteiger partial charge in [-0.3, -0.25) is 9.48 Å². The Morgan fingerprint density at radius 2 is 2.30 bits per heavy atom. The molecular formula is C13H13BrFN3O2. The monoisotopic (exact) mass is 341 g/mol. The van der Waals surface area contributed by atoms with Crippen LogP contribution in [0.25, 0.3) is 0 Å². The molecule has 0 saturated heterocycles. The van der Waals surface area contributed by atoms with Gasteiger partial charge in [-0.1, -0.05) is 15.9 Å². The lowest BCUT2D eigenvalue weighted by molar-refractivity contribution is 0.102. The van der Waals surface area contributed by atoms with E-state index in [1.807, 2.05) is 0 Å². The number of methoxy groups -OCH3 is 1. The van der Waals surface area contributed by atoms with E-state index >= 15 is 0 Å². The maximum absolute atomic E-state index is 13.2. The highest BCUT2D eigenvalue weighted by Crippen LogP contribution is 2.16. The van der Waals surface area contributed by atoms with Crippen LogP contribution in [0.1, 0.15) is 10.4 Å². The zero-order valence-corrected chi connectivity index (χ0v) is 12.4. The number of hydrogen-bond acceptors (Lipinski definition) is 3. The number of halogens is 2. The summed E-state index contributed by atoms with van der Waals surface area (Å²) >= 11 is 3.15. The average Bonchev–Trinajstić information content (AvgIpc) is 2.82. The minimum Gasteiger partial charge on any atom is -0.383 e. The SMILES string of the molecule is COCCn1cc(NC(=O)c2cc(F)cc(Br)c2)cn1. The molecule has 1 heterocycles. The van der Waals surface area contributed by atoms with Crippen molar-refractivity contribution in [1.82, 2.24) is 9.78 Å². The predicted molar refractivity (Wildman–Crippen MR) is 76.2 cm³/mol. The molecule has 1 amide bonds. The molecule has 1 N–H and O–H groups in total. The van der Waals surface area contributed by atoms with Gasteiger partial charge in [-0.15, -0.1) is 0 Å². The second-order valence-corrected chi connectivity index (χ2v) is 5.01. The predicted octanol–water partition coefficient (Wildman–Crippen LogP) is 2.68. The lowest BCUT2D eigenvalue weighted by Crippen LogP contribution is -2.12. The van der Waals surface area contributed by atoms with Crippen LogP contribution in [0.4, 0.5) is 10.1 Å². The number of aromatic nitrogens is 2. The molecule has 0 fully saturated rings. The van der Waals surface area contributed by atoms with Crippen molar-refractivity contribution in [1.29, 1.82) is 0 Å². The second kappa shape index (κ2) is 6.62. The molecule has 0 bridgehead atoms. The summed E-state index contributed by atoms with van der Waals surface area (Å²) in [6.07, 6.45) is 3.22. The van der Waals surface area contributed by atoms with Gasteiger partial charge in [0.25, 0.3) is 5.91 Å². The van der Waals surface area contributed by atoms with Gasteiger partial charge in [0.05, 0.1) is 25.0 Å².